The van der Waals surface area contributed by atoms with Crippen molar-refractivity contribution >= 4 is 5.69 Å². The lowest BCUT2D eigenvalue weighted by molar-refractivity contribution is 0.221. The molecule has 4 atom stereocenters. The Balaban J connectivity index is 0.000000860. The van der Waals surface area contributed by atoms with Gasteiger partial charge in [-0.1, -0.05) is 83.5 Å². The third-order valence-electron chi connectivity index (χ3n) is 6.61. The fraction of sp³-hybridized carbons (Fsp3) is 0.586. The molecular weight excluding hydrogens is 395 g/mol. The Morgan fingerprint density at radius 1 is 1.00 bits per heavy atom. The number of anilines is 1. The van der Waals surface area contributed by atoms with Gasteiger partial charge in [-0.15, -0.1) is 0 Å². The second-order valence-corrected chi connectivity index (χ2v) is 9.05. The molecular formula is C29H45FN2. The standard InChI is InChI=1S/C25H33FN2.2C2H6/c1-4-5-13-27-19-15-20-21-14-18(25(2,3)26)11-12-23(21)28-24(22(20)16-19)17-9-7-6-8-10-17;2*1-2/h6-12,14,19-20,22,24,27-28H,4-5,13,15-16H2,1-3H3;2*1-2H3. The third kappa shape index (κ3) is 6.13. The number of fused-ring (bicyclic) bond motifs is 3. The van der Waals surface area contributed by atoms with E-state index in [1.807, 2.05) is 33.8 Å². The predicted octanol–water partition coefficient (Wildman–Crippen LogP) is 8.36. The van der Waals surface area contributed by atoms with E-state index in [2.05, 4.69) is 60.0 Å². The lowest BCUT2D eigenvalue weighted by Gasteiger charge is -2.38. The van der Waals surface area contributed by atoms with E-state index in [4.69, 9.17) is 0 Å². The van der Waals surface area contributed by atoms with E-state index in [9.17, 15) is 4.39 Å². The van der Waals surface area contributed by atoms with Crippen LogP contribution < -0.4 is 10.6 Å². The van der Waals surface area contributed by atoms with Crippen molar-refractivity contribution in [2.75, 3.05) is 11.9 Å². The first kappa shape index (κ1) is 26.4. The average Bonchev–Trinajstić information content (AvgIpc) is 3.25. The van der Waals surface area contributed by atoms with Crippen molar-refractivity contribution in [1.29, 1.82) is 0 Å². The highest BCUT2D eigenvalue weighted by atomic mass is 19.1. The van der Waals surface area contributed by atoms with Gasteiger partial charge in [0.1, 0.15) is 5.67 Å². The minimum atomic E-state index is -1.31. The molecule has 1 saturated carbocycles. The van der Waals surface area contributed by atoms with Crippen LogP contribution in [0.1, 0.15) is 103 Å². The molecule has 1 aliphatic carbocycles. The highest BCUT2D eigenvalue weighted by Gasteiger charge is 2.44. The molecule has 1 aliphatic heterocycles. The molecule has 2 aromatic carbocycles. The molecule has 3 heteroatoms. The van der Waals surface area contributed by atoms with Gasteiger partial charge in [0.25, 0.3) is 0 Å². The molecule has 0 saturated heterocycles. The van der Waals surface area contributed by atoms with Gasteiger partial charge in [0.15, 0.2) is 0 Å². The summed E-state index contributed by atoms with van der Waals surface area (Å²) in [5.74, 6) is 1.01. The van der Waals surface area contributed by atoms with Crippen LogP contribution >= 0.6 is 0 Å². The van der Waals surface area contributed by atoms with Gasteiger partial charge in [-0.25, -0.2) is 4.39 Å². The van der Waals surface area contributed by atoms with E-state index in [-0.39, 0.29) is 0 Å². The summed E-state index contributed by atoms with van der Waals surface area (Å²) in [6.45, 7) is 14.6. The minimum Gasteiger partial charge on any atom is -0.378 e. The van der Waals surface area contributed by atoms with Gasteiger partial charge in [-0.2, -0.15) is 0 Å². The zero-order chi connectivity index (χ0) is 23.7. The molecule has 4 rings (SSSR count). The molecule has 2 aromatic rings. The van der Waals surface area contributed by atoms with Crippen LogP contribution in [0, 0.1) is 5.92 Å². The third-order valence-corrected chi connectivity index (χ3v) is 6.61. The van der Waals surface area contributed by atoms with Crippen molar-refractivity contribution in [2.45, 2.75) is 97.8 Å². The quantitative estimate of drug-likeness (QED) is 0.441. The second kappa shape index (κ2) is 12.4. The van der Waals surface area contributed by atoms with E-state index in [1.165, 1.54) is 36.1 Å². The van der Waals surface area contributed by atoms with Crippen LogP contribution in [0.25, 0.3) is 0 Å². The Kier molecular flexibility index (Phi) is 10.2. The van der Waals surface area contributed by atoms with Gasteiger partial charge in [0.2, 0.25) is 0 Å². The number of halogens is 1. The molecule has 0 aromatic heterocycles. The van der Waals surface area contributed by atoms with Gasteiger partial charge in [0.05, 0.1) is 6.04 Å². The zero-order valence-electron chi connectivity index (χ0n) is 21.3. The maximum absolute atomic E-state index is 14.6. The number of benzene rings is 2. The first-order valence-corrected chi connectivity index (χ1v) is 12.9. The summed E-state index contributed by atoms with van der Waals surface area (Å²) in [6, 6.07) is 17.8. The first-order valence-electron chi connectivity index (χ1n) is 12.9. The van der Waals surface area contributed by atoms with Gasteiger partial charge in [-0.05, 0) is 74.2 Å². The molecule has 2 nitrogen and oxygen atoms in total. The van der Waals surface area contributed by atoms with Crippen molar-refractivity contribution in [3.05, 3.63) is 65.2 Å². The van der Waals surface area contributed by atoms with E-state index in [0.29, 0.717) is 23.9 Å². The molecule has 32 heavy (non-hydrogen) atoms. The van der Waals surface area contributed by atoms with E-state index >= 15 is 0 Å². The maximum atomic E-state index is 14.6. The molecule has 1 fully saturated rings. The fourth-order valence-electron chi connectivity index (χ4n) is 5.08. The number of nitrogens with one attached hydrogen (secondary N) is 2. The SMILES string of the molecule is CC.CC.CCCCNC1CC2c3cc(C(C)(C)F)ccc3NC(c3ccccc3)C2C1. The van der Waals surface area contributed by atoms with Crippen molar-refractivity contribution < 1.29 is 4.39 Å². The Labute approximate surface area is 196 Å². The highest BCUT2D eigenvalue weighted by Crippen LogP contribution is 2.53. The first-order chi connectivity index (χ1) is 15.5. The lowest BCUT2D eigenvalue weighted by atomic mass is 9.76. The summed E-state index contributed by atoms with van der Waals surface area (Å²) in [4.78, 5) is 0. The summed E-state index contributed by atoms with van der Waals surface area (Å²) < 4.78 is 14.6. The maximum Gasteiger partial charge on any atom is 0.130 e. The smallest absolute Gasteiger partial charge is 0.130 e. The van der Waals surface area contributed by atoms with Gasteiger partial charge in [-0.3, -0.25) is 0 Å². The summed E-state index contributed by atoms with van der Waals surface area (Å²) in [5, 5.41) is 7.59. The summed E-state index contributed by atoms with van der Waals surface area (Å²) in [6.07, 6.45) is 4.76. The van der Waals surface area contributed by atoms with Gasteiger partial charge in [0, 0.05) is 11.7 Å². The number of hydrogen-bond donors (Lipinski definition) is 2. The normalized spacial score (nSPS) is 23.5. The molecule has 1 heterocycles. The number of rotatable bonds is 6. The van der Waals surface area contributed by atoms with E-state index in [1.54, 1.807) is 13.8 Å². The van der Waals surface area contributed by atoms with Crippen molar-refractivity contribution in [1.82, 2.24) is 5.32 Å². The van der Waals surface area contributed by atoms with Crippen molar-refractivity contribution in [3.8, 4) is 0 Å². The van der Waals surface area contributed by atoms with Crippen LogP contribution in [-0.2, 0) is 5.67 Å². The van der Waals surface area contributed by atoms with Crippen molar-refractivity contribution in [3.63, 3.8) is 0 Å². The van der Waals surface area contributed by atoms with Gasteiger partial charge < -0.3 is 10.6 Å². The van der Waals surface area contributed by atoms with Crippen molar-refractivity contribution in [2.24, 2.45) is 5.92 Å². The van der Waals surface area contributed by atoms with Crippen LogP contribution in [0.3, 0.4) is 0 Å². The largest absolute Gasteiger partial charge is 0.378 e. The number of hydrogen-bond acceptors (Lipinski definition) is 2. The fourth-order valence-corrected chi connectivity index (χ4v) is 5.08. The zero-order valence-corrected chi connectivity index (χ0v) is 21.3. The topological polar surface area (TPSA) is 24.1 Å². The summed E-state index contributed by atoms with van der Waals surface area (Å²) >= 11 is 0. The summed E-state index contributed by atoms with van der Waals surface area (Å²) in [7, 11) is 0. The molecule has 2 N–H and O–H groups in total. The minimum absolute atomic E-state index is 0.320. The van der Waals surface area contributed by atoms with Crippen LogP contribution in [-0.4, -0.2) is 12.6 Å². The molecule has 0 amide bonds. The Bertz CT molecular complexity index is 797. The Morgan fingerprint density at radius 2 is 1.69 bits per heavy atom. The van der Waals surface area contributed by atoms with E-state index < -0.39 is 5.67 Å². The van der Waals surface area contributed by atoms with Gasteiger partial charge >= 0.3 is 0 Å². The molecule has 2 aliphatic rings. The molecule has 0 radical (unpaired) electrons. The van der Waals surface area contributed by atoms with Crippen LogP contribution in [0.4, 0.5) is 10.1 Å². The molecule has 4 unspecified atom stereocenters. The second-order valence-electron chi connectivity index (χ2n) is 9.05. The predicted molar refractivity (Wildman–Crippen MR) is 138 cm³/mol. The number of alkyl halides is 1. The van der Waals surface area contributed by atoms with Crippen LogP contribution in [0.5, 0.6) is 0 Å². The highest BCUT2D eigenvalue weighted by molar-refractivity contribution is 5.60. The molecule has 0 spiro atoms. The summed E-state index contributed by atoms with van der Waals surface area (Å²) in [5.41, 5.74) is 3.31. The lowest BCUT2D eigenvalue weighted by Crippen LogP contribution is -2.30. The van der Waals surface area contributed by atoms with Crippen LogP contribution in [0.2, 0.25) is 0 Å². The average molecular weight is 441 g/mol. The Hall–Kier alpha value is -1.87. The van der Waals surface area contributed by atoms with Crippen LogP contribution in [0.15, 0.2) is 48.5 Å². The van der Waals surface area contributed by atoms with E-state index in [0.717, 1.165) is 18.5 Å². The molecule has 0 bridgehead atoms. The number of unbranched alkanes of at least 4 members (excludes halogenated alkanes) is 1. The molecule has 178 valence electrons. The monoisotopic (exact) mass is 440 g/mol. The Morgan fingerprint density at radius 3 is 2.31 bits per heavy atom.